The number of nitrogens with zero attached hydrogens (tertiary/aromatic N) is 4. The van der Waals surface area contributed by atoms with Gasteiger partial charge in [-0.3, -0.25) is 9.78 Å². The van der Waals surface area contributed by atoms with E-state index in [0.717, 1.165) is 51.1 Å². The number of rotatable bonds is 5. The predicted molar refractivity (Wildman–Crippen MR) is 156 cm³/mol. The maximum absolute atomic E-state index is 13.4. The fourth-order valence-electron chi connectivity index (χ4n) is 5.01. The zero-order chi connectivity index (χ0) is 27.5. The van der Waals surface area contributed by atoms with Crippen molar-refractivity contribution in [3.8, 4) is 33.8 Å². The van der Waals surface area contributed by atoms with E-state index in [0.29, 0.717) is 36.6 Å². The van der Waals surface area contributed by atoms with Crippen molar-refractivity contribution in [2.75, 3.05) is 11.9 Å². The number of hydrogen-bond donors (Lipinski definition) is 1. The van der Waals surface area contributed by atoms with Crippen molar-refractivity contribution < 1.29 is 9.59 Å². The monoisotopic (exact) mass is 525 g/mol. The predicted octanol–water partition coefficient (Wildman–Crippen LogP) is 6.58. The molecule has 0 fully saturated rings. The average molecular weight is 526 g/mol. The molecular formula is C33H27N5O2. The summed E-state index contributed by atoms with van der Waals surface area (Å²) in [5, 5.41) is 3.06. The van der Waals surface area contributed by atoms with Gasteiger partial charge in [-0.25, -0.2) is 14.8 Å². The number of pyridine rings is 1. The number of amides is 2. The van der Waals surface area contributed by atoms with Crippen molar-refractivity contribution in [2.45, 2.75) is 19.9 Å². The van der Waals surface area contributed by atoms with E-state index in [1.165, 1.54) is 0 Å². The molecule has 5 aromatic rings. The van der Waals surface area contributed by atoms with Crippen molar-refractivity contribution in [3.05, 3.63) is 120 Å². The Bertz CT molecular complexity index is 1700. The molecule has 7 heteroatoms. The van der Waals surface area contributed by atoms with Gasteiger partial charge in [0.25, 0.3) is 0 Å². The third-order valence-corrected chi connectivity index (χ3v) is 7.16. The van der Waals surface area contributed by atoms with Crippen molar-refractivity contribution in [1.82, 2.24) is 19.9 Å². The quantitative estimate of drug-likeness (QED) is 0.262. The van der Waals surface area contributed by atoms with Crippen LogP contribution in [0.25, 0.3) is 33.8 Å². The summed E-state index contributed by atoms with van der Waals surface area (Å²) in [5.74, 6) is 0.640. The van der Waals surface area contributed by atoms with Gasteiger partial charge in [0, 0.05) is 53.3 Å². The van der Waals surface area contributed by atoms with Gasteiger partial charge in [-0.1, -0.05) is 60.7 Å². The zero-order valence-corrected chi connectivity index (χ0v) is 22.0. The van der Waals surface area contributed by atoms with Gasteiger partial charge in [0.1, 0.15) is 6.29 Å². The van der Waals surface area contributed by atoms with Crippen LogP contribution < -0.4 is 5.32 Å². The van der Waals surface area contributed by atoms with E-state index in [2.05, 4.69) is 29.4 Å². The number of nitrogens with one attached hydrogen (secondary N) is 1. The Kier molecular flexibility index (Phi) is 6.85. The van der Waals surface area contributed by atoms with Crippen LogP contribution >= 0.6 is 0 Å². The molecule has 3 heterocycles. The number of anilines is 1. The molecule has 0 spiro atoms. The summed E-state index contributed by atoms with van der Waals surface area (Å²) < 4.78 is 0. The molecule has 2 aromatic heterocycles. The number of aldehydes is 1. The van der Waals surface area contributed by atoms with Gasteiger partial charge in [-0.15, -0.1) is 0 Å². The van der Waals surface area contributed by atoms with Gasteiger partial charge in [-0.2, -0.15) is 0 Å². The number of aromatic nitrogens is 3. The maximum atomic E-state index is 13.4. The molecule has 1 N–H and O–H groups in total. The first kappa shape index (κ1) is 25.1. The molecule has 196 valence electrons. The van der Waals surface area contributed by atoms with E-state index in [4.69, 9.17) is 9.97 Å². The highest BCUT2D eigenvalue weighted by atomic mass is 16.2. The second-order valence-electron chi connectivity index (χ2n) is 9.80. The minimum Gasteiger partial charge on any atom is -0.320 e. The number of benzene rings is 3. The van der Waals surface area contributed by atoms with Gasteiger partial charge in [0.15, 0.2) is 5.82 Å². The number of carbonyl (C=O) groups excluding carboxylic acids is 2. The first-order valence-corrected chi connectivity index (χ1v) is 13.2. The summed E-state index contributed by atoms with van der Waals surface area (Å²) in [7, 11) is 0. The largest absolute Gasteiger partial charge is 0.322 e. The van der Waals surface area contributed by atoms with Crippen molar-refractivity contribution in [1.29, 1.82) is 0 Å². The van der Waals surface area contributed by atoms with E-state index in [1.54, 1.807) is 24.5 Å². The highest BCUT2D eigenvalue weighted by Crippen LogP contribution is 2.32. The zero-order valence-electron chi connectivity index (χ0n) is 22.0. The fraction of sp³-hybridized carbons (Fsp3) is 0.121. The first-order chi connectivity index (χ1) is 19.6. The van der Waals surface area contributed by atoms with Crippen LogP contribution in [0.2, 0.25) is 0 Å². The highest BCUT2D eigenvalue weighted by Gasteiger charge is 2.27. The summed E-state index contributed by atoms with van der Waals surface area (Å²) in [4.78, 5) is 40.4. The lowest BCUT2D eigenvalue weighted by molar-refractivity contribution is 0.112. The SMILES string of the molecule is Cc1ccccc1-c1nc(-c2cccnc2)nc2c1CN(C(=O)Nc1cccc(-c3ccc(C=O)cc3)c1)CC2. The minimum atomic E-state index is -0.175. The molecule has 6 rings (SSSR count). The first-order valence-electron chi connectivity index (χ1n) is 13.2. The van der Waals surface area contributed by atoms with Gasteiger partial charge < -0.3 is 10.2 Å². The molecule has 2 amide bonds. The van der Waals surface area contributed by atoms with E-state index in [9.17, 15) is 9.59 Å². The van der Waals surface area contributed by atoms with Gasteiger partial charge in [-0.05, 0) is 47.9 Å². The lowest BCUT2D eigenvalue weighted by Gasteiger charge is -2.30. The Balaban J connectivity index is 1.29. The van der Waals surface area contributed by atoms with Crippen LogP contribution in [0.5, 0.6) is 0 Å². The second-order valence-corrected chi connectivity index (χ2v) is 9.80. The maximum Gasteiger partial charge on any atom is 0.322 e. The molecule has 3 aromatic carbocycles. The summed E-state index contributed by atoms with van der Waals surface area (Å²) in [5.41, 5.74) is 9.03. The van der Waals surface area contributed by atoms with Crippen LogP contribution in [-0.4, -0.2) is 38.7 Å². The molecule has 0 unspecified atom stereocenters. The van der Waals surface area contributed by atoms with Crippen molar-refractivity contribution >= 4 is 18.0 Å². The van der Waals surface area contributed by atoms with Crippen LogP contribution in [-0.2, 0) is 13.0 Å². The summed E-state index contributed by atoms with van der Waals surface area (Å²) in [6, 6.07) is 26.9. The van der Waals surface area contributed by atoms with E-state index >= 15 is 0 Å². The van der Waals surface area contributed by atoms with Crippen molar-refractivity contribution in [2.24, 2.45) is 0 Å². The van der Waals surface area contributed by atoms with Crippen LogP contribution in [0.3, 0.4) is 0 Å². The molecule has 0 bridgehead atoms. The normalized spacial score (nSPS) is 12.5. The lowest BCUT2D eigenvalue weighted by Crippen LogP contribution is -2.39. The highest BCUT2D eigenvalue weighted by molar-refractivity contribution is 5.90. The third kappa shape index (κ3) is 5.09. The van der Waals surface area contributed by atoms with Gasteiger partial charge in [0.2, 0.25) is 0 Å². The van der Waals surface area contributed by atoms with Gasteiger partial charge >= 0.3 is 6.03 Å². The smallest absolute Gasteiger partial charge is 0.320 e. The Hall–Kier alpha value is -5.17. The standard InChI is InChI=1S/C33H27N5O2/c1-22-6-2-3-10-28(22)31-29-20-38(17-15-30(29)36-32(37-31)26-8-5-16-34-19-26)33(40)35-27-9-4-7-25(18-27)24-13-11-23(21-39)12-14-24/h2-14,16,18-19,21H,15,17,20H2,1H3,(H,35,40). The van der Waals surface area contributed by atoms with Crippen LogP contribution in [0.15, 0.2) is 97.3 Å². The molecule has 0 saturated carbocycles. The fourth-order valence-corrected chi connectivity index (χ4v) is 5.01. The Morgan fingerprint density at radius 1 is 0.900 bits per heavy atom. The number of fused-ring (bicyclic) bond motifs is 1. The molecule has 0 saturated heterocycles. The summed E-state index contributed by atoms with van der Waals surface area (Å²) >= 11 is 0. The van der Waals surface area contributed by atoms with E-state index in [1.807, 2.05) is 65.6 Å². The number of aryl methyl sites for hydroxylation is 1. The molecule has 1 aliphatic rings. The second kappa shape index (κ2) is 10.9. The van der Waals surface area contributed by atoms with Gasteiger partial charge in [0.05, 0.1) is 17.9 Å². The Morgan fingerprint density at radius 3 is 2.50 bits per heavy atom. The number of urea groups is 1. The molecule has 0 radical (unpaired) electrons. The van der Waals surface area contributed by atoms with E-state index < -0.39 is 0 Å². The van der Waals surface area contributed by atoms with Crippen LogP contribution in [0.4, 0.5) is 10.5 Å². The number of carbonyl (C=O) groups is 2. The molecular weight excluding hydrogens is 498 g/mol. The van der Waals surface area contributed by atoms with Crippen LogP contribution in [0, 0.1) is 6.92 Å². The molecule has 1 aliphatic heterocycles. The summed E-state index contributed by atoms with van der Waals surface area (Å²) in [6.45, 7) is 3.02. The minimum absolute atomic E-state index is 0.175. The van der Waals surface area contributed by atoms with Crippen LogP contribution in [0.1, 0.15) is 27.2 Å². The summed E-state index contributed by atoms with van der Waals surface area (Å²) in [6.07, 6.45) is 4.96. The molecule has 40 heavy (non-hydrogen) atoms. The topological polar surface area (TPSA) is 88.1 Å². The molecule has 0 aliphatic carbocycles. The Labute approximate surface area is 232 Å². The Morgan fingerprint density at radius 2 is 1.73 bits per heavy atom. The lowest BCUT2D eigenvalue weighted by atomic mass is 9.96. The molecule has 7 nitrogen and oxygen atoms in total. The number of hydrogen-bond acceptors (Lipinski definition) is 5. The third-order valence-electron chi connectivity index (χ3n) is 7.16. The van der Waals surface area contributed by atoms with Crippen molar-refractivity contribution in [3.63, 3.8) is 0 Å². The average Bonchev–Trinajstić information content (AvgIpc) is 3.01. The van der Waals surface area contributed by atoms with E-state index in [-0.39, 0.29) is 6.03 Å². The molecule has 0 atom stereocenters.